The van der Waals surface area contributed by atoms with Crippen molar-refractivity contribution in [2.24, 2.45) is 33.9 Å². The van der Waals surface area contributed by atoms with Crippen molar-refractivity contribution in [1.82, 2.24) is 0 Å². The Balaban J connectivity index is 0.800. The van der Waals surface area contributed by atoms with Crippen LogP contribution in [-0.2, 0) is 41.4 Å². The second kappa shape index (κ2) is 24.2. The lowest BCUT2D eigenvalue weighted by Crippen LogP contribution is -2.21. The Labute approximate surface area is 394 Å². The van der Waals surface area contributed by atoms with E-state index in [9.17, 15) is 14.7 Å². The summed E-state index contributed by atoms with van der Waals surface area (Å²) < 4.78 is 52.4. The molecular weight excluding hydrogens is 857 g/mol. The van der Waals surface area contributed by atoms with Crippen molar-refractivity contribution in [3.05, 3.63) is 112 Å². The molecule has 67 heavy (non-hydrogen) atoms. The fourth-order valence-corrected chi connectivity index (χ4v) is 8.23. The molecule has 14 heteroatoms. The van der Waals surface area contributed by atoms with Crippen LogP contribution in [0.15, 0.2) is 100 Å². The maximum Gasteiger partial charge on any atom is 0.339 e. The van der Waals surface area contributed by atoms with Gasteiger partial charge in [-0.2, -0.15) is 0 Å². The van der Waals surface area contributed by atoms with E-state index in [-0.39, 0.29) is 16.9 Å². The predicted octanol–water partition coefficient (Wildman–Crippen LogP) is 7.84. The molecule has 2 aromatic rings. The van der Waals surface area contributed by atoms with Gasteiger partial charge in [-0.25, -0.2) is 9.79 Å². The molecule has 1 heterocycles. The first-order valence-electron chi connectivity index (χ1n) is 22.9. The number of nitrogens with zero attached hydrogens (tertiary/aromatic N) is 1. The molecule has 0 radical (unpaired) electrons. The monoisotopic (exact) mass is 922 g/mol. The highest BCUT2D eigenvalue weighted by atomic mass is 16.6. The SMILES string of the molecule is C=CC1=C=CC=C(Cc2cc(OC)c(OCCC3CC3CCOCCOCCOCCOCCOc3cc4c(cc3OC)C3=CC(=O)C(C(=O)O)=CC3=C[C@H](C(C)(C)C)C4)c(OC)c2)C(N)=N1. The fourth-order valence-electron chi connectivity index (χ4n) is 8.23. The third kappa shape index (κ3) is 14.1. The summed E-state index contributed by atoms with van der Waals surface area (Å²) in [5.41, 5.74) is 14.6. The topological polar surface area (TPSA) is 176 Å². The molecule has 4 aliphatic rings. The quantitative estimate of drug-likeness (QED) is 0.0504. The number of rotatable bonds is 27. The first kappa shape index (κ1) is 50.5. The molecule has 360 valence electrons. The molecule has 2 unspecified atom stereocenters. The van der Waals surface area contributed by atoms with Crippen molar-refractivity contribution in [2.45, 2.75) is 52.9 Å². The molecule has 1 fully saturated rings. The van der Waals surface area contributed by atoms with Crippen LogP contribution in [0.1, 0.15) is 56.7 Å². The van der Waals surface area contributed by atoms with Gasteiger partial charge in [0.15, 0.2) is 28.8 Å². The lowest BCUT2D eigenvalue weighted by molar-refractivity contribution is -0.134. The Morgan fingerprint density at radius 3 is 2.03 bits per heavy atom. The van der Waals surface area contributed by atoms with E-state index in [4.69, 9.17) is 48.4 Å². The van der Waals surface area contributed by atoms with Gasteiger partial charge in [-0.05, 0) is 137 Å². The van der Waals surface area contributed by atoms with Gasteiger partial charge >= 0.3 is 5.97 Å². The number of amidine groups is 1. The van der Waals surface area contributed by atoms with E-state index in [1.165, 1.54) is 18.6 Å². The number of carbonyl (C=O) groups excluding carboxylic acids is 1. The summed E-state index contributed by atoms with van der Waals surface area (Å²) in [7, 11) is 4.81. The first-order chi connectivity index (χ1) is 32.3. The van der Waals surface area contributed by atoms with Gasteiger partial charge in [0.25, 0.3) is 0 Å². The Kier molecular flexibility index (Phi) is 18.3. The summed E-state index contributed by atoms with van der Waals surface area (Å²) >= 11 is 0. The van der Waals surface area contributed by atoms with Gasteiger partial charge in [0.1, 0.15) is 23.7 Å². The number of carboxylic acids is 1. The second-order valence-corrected chi connectivity index (χ2v) is 17.8. The van der Waals surface area contributed by atoms with Gasteiger partial charge in [-0.15, -0.1) is 0 Å². The number of methoxy groups -OCH3 is 3. The largest absolute Gasteiger partial charge is 0.493 e. The van der Waals surface area contributed by atoms with Crippen LogP contribution in [0.2, 0.25) is 0 Å². The molecule has 0 bridgehead atoms. The minimum absolute atomic E-state index is 0.0800. The van der Waals surface area contributed by atoms with Crippen LogP contribution < -0.4 is 29.4 Å². The summed E-state index contributed by atoms with van der Waals surface area (Å²) in [6.07, 6.45) is 14.6. The zero-order chi connectivity index (χ0) is 47.9. The van der Waals surface area contributed by atoms with Crippen LogP contribution in [0.3, 0.4) is 0 Å². The van der Waals surface area contributed by atoms with Gasteiger partial charge < -0.3 is 53.5 Å². The lowest BCUT2D eigenvalue weighted by Gasteiger charge is -2.28. The van der Waals surface area contributed by atoms with Crippen LogP contribution >= 0.6 is 0 Å². The number of carbonyl (C=O) groups is 2. The summed E-state index contributed by atoms with van der Waals surface area (Å²) in [5, 5.41) is 9.62. The highest BCUT2D eigenvalue weighted by molar-refractivity contribution is 6.26. The Morgan fingerprint density at radius 2 is 1.43 bits per heavy atom. The number of nitrogens with two attached hydrogens (primary N) is 1. The van der Waals surface area contributed by atoms with E-state index >= 15 is 0 Å². The number of fused-ring (bicyclic) bond motifs is 3. The number of allylic oxidation sites excluding steroid dienone is 7. The zero-order valence-corrected chi connectivity index (χ0v) is 39.8. The average molecular weight is 923 g/mol. The number of carboxylic acid groups (broad SMARTS) is 1. The molecule has 2 aromatic carbocycles. The third-order valence-corrected chi connectivity index (χ3v) is 12.2. The van der Waals surface area contributed by atoms with E-state index in [0.717, 1.165) is 40.7 Å². The molecule has 3 N–H and O–H groups in total. The predicted molar refractivity (Wildman–Crippen MR) is 256 cm³/mol. The summed E-state index contributed by atoms with van der Waals surface area (Å²) in [5.74, 6) is 2.86. The van der Waals surface area contributed by atoms with Crippen molar-refractivity contribution >= 4 is 23.2 Å². The molecule has 0 amide bonds. The fraction of sp³-hybridized carbons (Fsp3) is 0.472. The van der Waals surface area contributed by atoms with Crippen molar-refractivity contribution in [3.63, 3.8) is 0 Å². The van der Waals surface area contributed by atoms with Gasteiger partial charge in [-0.1, -0.05) is 39.2 Å². The minimum atomic E-state index is -1.24. The highest BCUT2D eigenvalue weighted by Crippen LogP contribution is 2.46. The van der Waals surface area contributed by atoms with Crippen molar-refractivity contribution in [2.75, 3.05) is 87.4 Å². The lowest BCUT2D eigenvalue weighted by atomic mass is 9.77. The number of aliphatic imine (C=N–C) groups is 1. The van der Waals surface area contributed by atoms with E-state index in [1.807, 2.05) is 30.3 Å². The van der Waals surface area contributed by atoms with Crippen LogP contribution in [0, 0.1) is 23.2 Å². The maximum atomic E-state index is 12.8. The smallest absolute Gasteiger partial charge is 0.339 e. The van der Waals surface area contributed by atoms with E-state index in [2.05, 4.69) is 44.1 Å². The highest BCUT2D eigenvalue weighted by Gasteiger charge is 2.36. The van der Waals surface area contributed by atoms with Crippen LogP contribution in [0.4, 0.5) is 0 Å². The average Bonchev–Trinajstić information content (AvgIpc) is 4.11. The Bertz CT molecular complexity index is 2320. The van der Waals surface area contributed by atoms with E-state index < -0.39 is 11.8 Å². The molecule has 0 spiro atoms. The first-order valence-corrected chi connectivity index (χ1v) is 22.9. The molecule has 6 rings (SSSR count). The van der Waals surface area contributed by atoms with E-state index in [0.29, 0.717) is 137 Å². The van der Waals surface area contributed by atoms with Crippen molar-refractivity contribution < 1.29 is 57.3 Å². The van der Waals surface area contributed by atoms with Crippen LogP contribution in [-0.4, -0.2) is 110 Å². The molecule has 0 aromatic heterocycles. The molecule has 1 aliphatic heterocycles. The Hall–Kier alpha value is -5.89. The number of ketones is 1. The molecular formula is C53H66N2O12. The van der Waals surface area contributed by atoms with Gasteiger partial charge in [0, 0.05) is 13.0 Å². The van der Waals surface area contributed by atoms with Crippen molar-refractivity contribution in [3.8, 4) is 28.7 Å². The molecule has 1 saturated carbocycles. The normalized spacial score (nSPS) is 18.7. The number of benzene rings is 2. The number of hydrogen-bond acceptors (Lipinski definition) is 13. The van der Waals surface area contributed by atoms with Gasteiger partial charge in [-0.3, -0.25) is 4.79 Å². The zero-order valence-electron chi connectivity index (χ0n) is 39.8. The molecule has 0 saturated heterocycles. The Morgan fingerprint density at radius 1 is 0.821 bits per heavy atom. The second-order valence-electron chi connectivity index (χ2n) is 17.8. The molecule has 3 atom stereocenters. The van der Waals surface area contributed by atoms with Crippen LogP contribution in [0.5, 0.6) is 28.7 Å². The van der Waals surface area contributed by atoms with E-state index in [1.54, 1.807) is 33.5 Å². The third-order valence-electron chi connectivity index (χ3n) is 12.2. The standard InChI is InChI=1S/C53H66N2O12/c1-8-41-11-9-10-37(51(54)55-41)24-34-25-48(60-6)50(49(26-34)61-7)67-15-13-36-27-35(36)12-14-62-16-17-63-18-19-64-20-21-65-22-23-66-47-31-39-29-40(53(2,3)4)28-38-30-44(52(57)58)45(56)32-42(38)43(39)33-46(47)59-5/h8-10,25-26,28,30-33,35-36,40H,1,12-24,27,29H2,2-7H3,(H2,54,55)(H,57,58)/t35?,36?,40-/m0/s1. The summed E-state index contributed by atoms with van der Waals surface area (Å²) in [4.78, 5) is 28.9. The van der Waals surface area contributed by atoms with Crippen LogP contribution in [0.25, 0.3) is 5.57 Å². The summed E-state index contributed by atoms with van der Waals surface area (Å²) in [6, 6.07) is 7.72. The van der Waals surface area contributed by atoms with Gasteiger partial charge in [0.2, 0.25) is 5.75 Å². The maximum absolute atomic E-state index is 12.8. The van der Waals surface area contributed by atoms with Crippen molar-refractivity contribution in [1.29, 1.82) is 0 Å². The summed E-state index contributed by atoms with van der Waals surface area (Å²) in [6.45, 7) is 14.9. The number of aliphatic carboxylic acids is 1. The molecule has 3 aliphatic carbocycles. The number of ether oxygens (including phenoxy) is 9. The van der Waals surface area contributed by atoms with Gasteiger partial charge in [0.05, 0.1) is 74.2 Å². The minimum Gasteiger partial charge on any atom is -0.493 e. The number of hydrogen-bond donors (Lipinski definition) is 2. The molecule has 14 nitrogen and oxygen atoms in total.